The molecule has 0 unspecified atom stereocenters. The van der Waals surface area contributed by atoms with E-state index in [1.54, 1.807) is 11.6 Å². The second-order valence-electron chi connectivity index (χ2n) is 5.68. The Labute approximate surface area is 167 Å². The van der Waals surface area contributed by atoms with Crippen molar-refractivity contribution in [3.05, 3.63) is 75.1 Å². The van der Waals surface area contributed by atoms with E-state index in [0.29, 0.717) is 15.7 Å². The first kappa shape index (κ1) is 18.0. The molecule has 0 atom stereocenters. The van der Waals surface area contributed by atoms with Crippen molar-refractivity contribution in [3.8, 4) is 0 Å². The van der Waals surface area contributed by atoms with Gasteiger partial charge >= 0.3 is 5.97 Å². The fraction of sp³-hybridized carbons (Fsp3) is 0.105. The van der Waals surface area contributed by atoms with E-state index in [9.17, 15) is 9.59 Å². The van der Waals surface area contributed by atoms with Gasteiger partial charge in [-0.1, -0.05) is 35.9 Å². The van der Waals surface area contributed by atoms with E-state index in [0.717, 1.165) is 15.7 Å². The van der Waals surface area contributed by atoms with Crippen LogP contribution in [0.4, 0.5) is 0 Å². The van der Waals surface area contributed by atoms with E-state index in [2.05, 4.69) is 4.98 Å². The van der Waals surface area contributed by atoms with E-state index in [1.165, 1.54) is 33.6 Å². The highest BCUT2D eigenvalue weighted by atomic mass is 35.5. The van der Waals surface area contributed by atoms with Crippen molar-refractivity contribution >= 4 is 56.4 Å². The Morgan fingerprint density at radius 3 is 2.93 bits per heavy atom. The predicted octanol–water partition coefficient (Wildman–Crippen LogP) is 4.40. The van der Waals surface area contributed by atoms with Gasteiger partial charge in [0.2, 0.25) is 0 Å². The smallest absolute Gasteiger partial charge is 0.316 e. The predicted molar refractivity (Wildman–Crippen MR) is 109 cm³/mol. The average molecular weight is 417 g/mol. The van der Waals surface area contributed by atoms with E-state index < -0.39 is 0 Å². The maximum absolute atomic E-state index is 12.1. The number of aromatic nitrogens is 2. The van der Waals surface area contributed by atoms with Crippen LogP contribution in [-0.2, 0) is 16.1 Å². The summed E-state index contributed by atoms with van der Waals surface area (Å²) in [5.74, 6) is -0.234. The number of thiazole rings is 1. The Kier molecular flexibility index (Phi) is 5.15. The quantitative estimate of drug-likeness (QED) is 0.356. The lowest BCUT2D eigenvalue weighted by Crippen LogP contribution is -2.15. The molecular weight excluding hydrogens is 404 g/mol. The molecule has 5 nitrogen and oxygen atoms in total. The van der Waals surface area contributed by atoms with Gasteiger partial charge < -0.3 is 4.74 Å². The van der Waals surface area contributed by atoms with Gasteiger partial charge in [0.25, 0.3) is 5.56 Å². The molecule has 0 radical (unpaired) electrons. The third-order valence-corrected chi connectivity index (χ3v) is 6.00. The molecule has 27 heavy (non-hydrogen) atoms. The topological polar surface area (TPSA) is 60.7 Å². The molecule has 0 saturated heterocycles. The number of hydrogen-bond acceptors (Lipinski definition) is 6. The lowest BCUT2D eigenvalue weighted by atomic mass is 10.1. The minimum absolute atomic E-state index is 0.0284. The molecule has 0 aliphatic carbocycles. The minimum atomic E-state index is -0.378. The van der Waals surface area contributed by atoms with Crippen LogP contribution >= 0.6 is 34.7 Å². The molecular formula is C19H13ClN2O3S2. The van der Waals surface area contributed by atoms with Crippen molar-refractivity contribution in [2.24, 2.45) is 0 Å². The maximum atomic E-state index is 12.1. The molecule has 0 fully saturated rings. The number of halogens is 1. The largest absolute Gasteiger partial charge is 0.459 e. The van der Waals surface area contributed by atoms with Crippen molar-refractivity contribution in [2.75, 3.05) is 5.75 Å². The summed E-state index contributed by atoms with van der Waals surface area (Å²) in [5.41, 5.74) is 0.251. The third kappa shape index (κ3) is 3.85. The summed E-state index contributed by atoms with van der Waals surface area (Å²) in [6.45, 7) is -0.0284. The molecule has 0 aliphatic rings. The Morgan fingerprint density at radius 1 is 1.26 bits per heavy atom. The van der Waals surface area contributed by atoms with Gasteiger partial charge in [-0.25, -0.2) is 4.98 Å². The summed E-state index contributed by atoms with van der Waals surface area (Å²) in [5, 5.41) is 4.39. The van der Waals surface area contributed by atoms with Crippen LogP contribution in [0.5, 0.6) is 0 Å². The van der Waals surface area contributed by atoms with Crippen LogP contribution in [0.1, 0.15) is 5.69 Å². The standard InChI is InChI=1S/C19H13ClN2O3S2/c20-14-5-1-3-12-4-2-6-15(18(12)14)27-11-17(24)25-10-13-9-16(23)22-7-8-26-19(22)21-13/h1-9H,10-11H2. The number of esters is 1. The van der Waals surface area contributed by atoms with Crippen LogP contribution in [0.3, 0.4) is 0 Å². The third-order valence-electron chi connectivity index (χ3n) is 3.90. The van der Waals surface area contributed by atoms with E-state index in [4.69, 9.17) is 16.3 Å². The van der Waals surface area contributed by atoms with Crippen molar-refractivity contribution in [2.45, 2.75) is 11.5 Å². The molecule has 0 amide bonds. The van der Waals surface area contributed by atoms with Crippen LogP contribution in [0.25, 0.3) is 15.7 Å². The number of carbonyl (C=O) groups is 1. The second kappa shape index (κ2) is 7.72. The molecule has 2 heterocycles. The van der Waals surface area contributed by atoms with E-state index in [1.807, 2.05) is 36.4 Å². The zero-order valence-electron chi connectivity index (χ0n) is 13.9. The monoisotopic (exact) mass is 416 g/mol. The number of hydrogen-bond donors (Lipinski definition) is 0. The first-order chi connectivity index (χ1) is 13.1. The summed E-state index contributed by atoms with van der Waals surface area (Å²) in [4.78, 5) is 29.9. The first-order valence-electron chi connectivity index (χ1n) is 8.03. The SMILES string of the molecule is O=C(CSc1cccc2cccc(Cl)c12)OCc1cc(=O)n2ccsc2n1. The Hall–Kier alpha value is -2.35. The fourth-order valence-corrected chi connectivity index (χ4v) is 4.66. The second-order valence-corrected chi connectivity index (χ2v) is 7.98. The van der Waals surface area contributed by atoms with Crippen molar-refractivity contribution in [3.63, 3.8) is 0 Å². The van der Waals surface area contributed by atoms with Gasteiger partial charge in [-0.3, -0.25) is 14.0 Å². The number of rotatable bonds is 5. The van der Waals surface area contributed by atoms with Crippen LogP contribution in [0.15, 0.2) is 63.7 Å². The lowest BCUT2D eigenvalue weighted by Gasteiger charge is -2.08. The highest BCUT2D eigenvalue weighted by Crippen LogP contribution is 2.33. The van der Waals surface area contributed by atoms with Crippen molar-refractivity contribution < 1.29 is 9.53 Å². The fourth-order valence-electron chi connectivity index (χ4n) is 2.68. The zero-order chi connectivity index (χ0) is 18.8. The molecule has 0 N–H and O–H groups in total. The number of thioether (sulfide) groups is 1. The van der Waals surface area contributed by atoms with Gasteiger partial charge in [0.15, 0.2) is 4.96 Å². The van der Waals surface area contributed by atoms with Gasteiger partial charge in [0.05, 0.1) is 11.4 Å². The van der Waals surface area contributed by atoms with Crippen LogP contribution in [-0.4, -0.2) is 21.1 Å². The molecule has 8 heteroatoms. The van der Waals surface area contributed by atoms with E-state index >= 15 is 0 Å². The van der Waals surface area contributed by atoms with Crippen LogP contribution in [0.2, 0.25) is 5.02 Å². The van der Waals surface area contributed by atoms with Gasteiger partial charge in [0, 0.05) is 32.9 Å². The normalized spacial score (nSPS) is 11.1. The number of carbonyl (C=O) groups excluding carboxylic acids is 1. The summed E-state index contributed by atoms with van der Waals surface area (Å²) in [6, 6.07) is 12.9. The molecule has 4 rings (SSSR count). The number of nitrogens with zero attached hydrogens (tertiary/aromatic N) is 2. The first-order valence-corrected chi connectivity index (χ1v) is 10.3. The Bertz CT molecular complexity index is 1200. The summed E-state index contributed by atoms with van der Waals surface area (Å²) >= 11 is 9.03. The molecule has 4 aromatic rings. The lowest BCUT2D eigenvalue weighted by molar-refractivity contribution is -0.141. The van der Waals surface area contributed by atoms with Crippen molar-refractivity contribution in [1.29, 1.82) is 0 Å². The van der Waals surface area contributed by atoms with Crippen LogP contribution in [0, 0.1) is 0 Å². The number of benzene rings is 2. The van der Waals surface area contributed by atoms with Crippen LogP contribution < -0.4 is 5.56 Å². The molecule has 0 spiro atoms. The molecule has 0 saturated carbocycles. The number of ether oxygens (including phenoxy) is 1. The summed E-state index contributed by atoms with van der Waals surface area (Å²) in [7, 11) is 0. The average Bonchev–Trinajstić information content (AvgIpc) is 3.14. The molecule has 2 aromatic heterocycles. The van der Waals surface area contributed by atoms with E-state index in [-0.39, 0.29) is 23.9 Å². The van der Waals surface area contributed by atoms with Gasteiger partial charge in [0.1, 0.15) is 6.61 Å². The van der Waals surface area contributed by atoms with Crippen molar-refractivity contribution in [1.82, 2.24) is 9.38 Å². The van der Waals surface area contributed by atoms with Gasteiger partial charge in [-0.05, 0) is 17.5 Å². The summed E-state index contributed by atoms with van der Waals surface area (Å²) in [6.07, 6.45) is 1.66. The number of fused-ring (bicyclic) bond motifs is 2. The highest BCUT2D eigenvalue weighted by molar-refractivity contribution is 8.00. The summed E-state index contributed by atoms with van der Waals surface area (Å²) < 4.78 is 6.73. The maximum Gasteiger partial charge on any atom is 0.316 e. The van der Waals surface area contributed by atoms with Gasteiger partial charge in [-0.15, -0.1) is 23.1 Å². The zero-order valence-corrected chi connectivity index (χ0v) is 16.3. The Balaban J connectivity index is 1.42. The minimum Gasteiger partial charge on any atom is -0.459 e. The Morgan fingerprint density at radius 2 is 2.07 bits per heavy atom. The molecule has 2 aromatic carbocycles. The molecule has 0 bridgehead atoms. The highest BCUT2D eigenvalue weighted by Gasteiger charge is 2.11. The van der Waals surface area contributed by atoms with Gasteiger partial charge in [-0.2, -0.15) is 0 Å². The molecule has 0 aliphatic heterocycles. The molecule has 136 valence electrons.